The third-order valence-electron chi connectivity index (χ3n) is 0.920. The number of rotatable bonds is 3. The molecule has 58 valence electrons. The van der Waals surface area contributed by atoms with Crippen molar-refractivity contribution in [2.24, 2.45) is 0 Å². The summed E-state index contributed by atoms with van der Waals surface area (Å²) in [6.45, 7) is 10.2. The minimum absolute atomic E-state index is 0. The summed E-state index contributed by atoms with van der Waals surface area (Å²) in [6, 6.07) is 1.14. The summed E-state index contributed by atoms with van der Waals surface area (Å²) in [6.07, 6.45) is 0.379. The SMILES string of the molecule is [CH2-][SiH](CC)OC(C)C.[I-].[Mg+2]. The van der Waals surface area contributed by atoms with E-state index < -0.39 is 9.04 Å². The van der Waals surface area contributed by atoms with E-state index in [1.54, 1.807) is 0 Å². The first kappa shape index (κ1) is 17.7. The second-order valence-electron chi connectivity index (χ2n) is 2.22. The number of halogens is 1. The summed E-state index contributed by atoms with van der Waals surface area (Å²) < 4.78 is 5.43. The van der Waals surface area contributed by atoms with Crippen LogP contribution in [0.1, 0.15) is 20.8 Å². The van der Waals surface area contributed by atoms with E-state index in [4.69, 9.17) is 4.43 Å². The van der Waals surface area contributed by atoms with Gasteiger partial charge in [-0.05, 0) is 13.8 Å². The fourth-order valence-electron chi connectivity index (χ4n) is 0.481. The van der Waals surface area contributed by atoms with Crippen LogP contribution in [0.15, 0.2) is 0 Å². The maximum atomic E-state index is 5.43. The minimum Gasteiger partial charge on any atom is -1.00 e. The van der Waals surface area contributed by atoms with Gasteiger partial charge >= 0.3 is 23.1 Å². The van der Waals surface area contributed by atoms with Gasteiger partial charge in [0.1, 0.15) is 0 Å². The van der Waals surface area contributed by atoms with Crippen molar-refractivity contribution in [3.05, 3.63) is 6.55 Å². The molecular weight excluding hydrogens is 267 g/mol. The molecule has 1 atom stereocenters. The summed E-state index contributed by atoms with van der Waals surface area (Å²) in [5.41, 5.74) is 0. The molecule has 0 aliphatic rings. The van der Waals surface area contributed by atoms with Crippen LogP contribution in [0, 0.1) is 6.55 Å². The second kappa shape index (κ2) is 10.7. The molecule has 1 unspecified atom stereocenters. The normalized spacial score (nSPS) is 11.7. The van der Waals surface area contributed by atoms with E-state index in [1.165, 1.54) is 0 Å². The Balaban J connectivity index is -0.000000245. The molecular formula is C6H15IMgOSi. The van der Waals surface area contributed by atoms with Gasteiger partial charge < -0.3 is 34.9 Å². The van der Waals surface area contributed by atoms with Gasteiger partial charge in [0.15, 0.2) is 0 Å². The summed E-state index contributed by atoms with van der Waals surface area (Å²) in [7, 11) is -0.989. The van der Waals surface area contributed by atoms with E-state index >= 15 is 0 Å². The summed E-state index contributed by atoms with van der Waals surface area (Å²) in [5, 5.41) is 0. The number of hydrogen-bond donors (Lipinski definition) is 0. The van der Waals surface area contributed by atoms with E-state index in [9.17, 15) is 0 Å². The Morgan fingerprint density at radius 3 is 2.00 bits per heavy atom. The van der Waals surface area contributed by atoms with E-state index in [2.05, 4.69) is 27.3 Å². The van der Waals surface area contributed by atoms with Crippen molar-refractivity contribution in [1.82, 2.24) is 0 Å². The topological polar surface area (TPSA) is 9.23 Å². The zero-order valence-electron chi connectivity index (χ0n) is 7.06. The molecule has 0 rings (SSSR count). The molecule has 0 N–H and O–H groups in total. The Labute approximate surface area is 99.2 Å². The summed E-state index contributed by atoms with van der Waals surface area (Å²) in [4.78, 5) is 0. The molecule has 0 bridgehead atoms. The molecule has 0 aliphatic carbocycles. The Bertz CT molecular complexity index is 63.7. The standard InChI is InChI=1S/C6H15OSi.HI.Mg/c1-5-8(4)7-6(2)3;;/h6,8H,4-5H2,1-3H3;1H;/q-1;;+2/p-1. The van der Waals surface area contributed by atoms with Crippen molar-refractivity contribution in [2.45, 2.75) is 32.9 Å². The van der Waals surface area contributed by atoms with Gasteiger partial charge in [-0.15, -0.1) is 0 Å². The van der Waals surface area contributed by atoms with Crippen LogP contribution >= 0.6 is 0 Å². The number of hydrogen-bond acceptors (Lipinski definition) is 1. The van der Waals surface area contributed by atoms with Crippen molar-refractivity contribution < 1.29 is 28.4 Å². The Kier molecular flexibility index (Phi) is 18.9. The molecule has 0 aromatic carbocycles. The van der Waals surface area contributed by atoms with Gasteiger partial charge in [0, 0.05) is 15.1 Å². The van der Waals surface area contributed by atoms with Crippen molar-refractivity contribution in [3.8, 4) is 0 Å². The first-order chi connectivity index (χ1) is 3.66. The maximum Gasteiger partial charge on any atom is 2.00 e. The summed E-state index contributed by atoms with van der Waals surface area (Å²) >= 11 is 0. The largest absolute Gasteiger partial charge is 2.00 e. The molecule has 0 aromatic heterocycles. The molecule has 10 heavy (non-hydrogen) atoms. The van der Waals surface area contributed by atoms with Crippen LogP contribution in [0.2, 0.25) is 6.04 Å². The fraction of sp³-hybridized carbons (Fsp3) is 0.833. The van der Waals surface area contributed by atoms with Gasteiger partial charge in [0.2, 0.25) is 0 Å². The van der Waals surface area contributed by atoms with Crippen LogP contribution in [-0.2, 0) is 4.43 Å². The maximum absolute atomic E-state index is 5.43. The van der Waals surface area contributed by atoms with Gasteiger partial charge in [0.05, 0.1) is 0 Å². The van der Waals surface area contributed by atoms with Crippen LogP contribution in [-0.4, -0.2) is 38.2 Å². The van der Waals surface area contributed by atoms with Crippen LogP contribution in [0.25, 0.3) is 0 Å². The minimum atomic E-state index is -0.989. The summed E-state index contributed by atoms with van der Waals surface area (Å²) in [5.74, 6) is 0. The average molecular weight is 282 g/mol. The van der Waals surface area contributed by atoms with Crippen molar-refractivity contribution in [2.75, 3.05) is 0 Å². The van der Waals surface area contributed by atoms with Crippen molar-refractivity contribution >= 4 is 32.1 Å². The predicted octanol–water partition coefficient (Wildman–Crippen LogP) is -1.85. The van der Waals surface area contributed by atoms with Crippen molar-refractivity contribution in [1.29, 1.82) is 0 Å². The molecule has 4 heteroatoms. The van der Waals surface area contributed by atoms with Crippen LogP contribution in [0.4, 0.5) is 0 Å². The van der Waals surface area contributed by atoms with Gasteiger partial charge in [-0.2, -0.15) is 0 Å². The third kappa shape index (κ3) is 12.4. The van der Waals surface area contributed by atoms with E-state index in [-0.39, 0.29) is 47.0 Å². The molecule has 0 aromatic rings. The predicted molar refractivity (Wildman–Crippen MR) is 45.0 cm³/mol. The fourth-order valence-corrected chi connectivity index (χ4v) is 1.44. The first-order valence-corrected chi connectivity index (χ1v) is 5.25. The molecule has 0 amide bonds. The first-order valence-electron chi connectivity index (χ1n) is 3.15. The smallest absolute Gasteiger partial charge is 1.00 e. The Hall–Kier alpha value is 1.67. The van der Waals surface area contributed by atoms with Crippen LogP contribution in [0.5, 0.6) is 0 Å². The third-order valence-corrected chi connectivity index (χ3v) is 2.76. The average Bonchev–Trinajstić information content (AvgIpc) is 1.65. The molecule has 0 aliphatic heterocycles. The molecule has 1 nitrogen and oxygen atoms in total. The van der Waals surface area contributed by atoms with Crippen LogP contribution < -0.4 is 24.0 Å². The zero-order chi connectivity index (χ0) is 6.57. The van der Waals surface area contributed by atoms with Crippen molar-refractivity contribution in [3.63, 3.8) is 0 Å². The molecule has 0 fully saturated rings. The van der Waals surface area contributed by atoms with E-state index in [0.29, 0.717) is 6.10 Å². The monoisotopic (exact) mass is 282 g/mol. The molecule has 0 spiro atoms. The van der Waals surface area contributed by atoms with E-state index in [1.807, 2.05) is 0 Å². The Morgan fingerprint density at radius 1 is 1.50 bits per heavy atom. The van der Waals surface area contributed by atoms with Crippen LogP contribution in [0.3, 0.4) is 0 Å². The quantitative estimate of drug-likeness (QED) is 0.336. The molecule has 0 heterocycles. The van der Waals surface area contributed by atoms with Gasteiger partial charge in [-0.1, -0.05) is 13.0 Å². The molecule has 0 radical (unpaired) electrons. The molecule has 0 saturated heterocycles. The van der Waals surface area contributed by atoms with Gasteiger partial charge in [-0.25, -0.2) is 0 Å². The Morgan fingerprint density at radius 2 is 1.90 bits per heavy atom. The molecule has 0 saturated carbocycles. The van der Waals surface area contributed by atoms with Gasteiger partial charge in [-0.3, -0.25) is 0 Å². The zero-order valence-corrected chi connectivity index (χ0v) is 11.8. The van der Waals surface area contributed by atoms with Gasteiger partial charge in [0.25, 0.3) is 0 Å². The van der Waals surface area contributed by atoms with E-state index in [0.717, 1.165) is 6.04 Å². The second-order valence-corrected chi connectivity index (χ2v) is 4.55.